The molecule has 1 aliphatic heterocycles. The Bertz CT molecular complexity index is 1120. The molecule has 0 saturated carbocycles. The molecule has 1 aromatic heterocycles. The van der Waals surface area contributed by atoms with Gasteiger partial charge in [-0.25, -0.2) is 18.2 Å². The molecule has 1 saturated heterocycles. The van der Waals surface area contributed by atoms with Crippen molar-refractivity contribution >= 4 is 15.9 Å². The lowest BCUT2D eigenvalue weighted by atomic mass is 10.1. The third kappa shape index (κ3) is 4.07. The molecule has 0 spiro atoms. The van der Waals surface area contributed by atoms with Gasteiger partial charge in [0.05, 0.1) is 29.5 Å². The number of amides is 1. The number of rotatable bonds is 4. The molecule has 0 radical (unpaired) electrons. The number of carbonyl (C=O) groups is 1. The molecule has 29 heavy (non-hydrogen) atoms. The van der Waals surface area contributed by atoms with Gasteiger partial charge < -0.3 is 9.64 Å². The summed E-state index contributed by atoms with van der Waals surface area (Å²) in [7, 11) is -3.79. The van der Waals surface area contributed by atoms with Crippen LogP contribution in [0.25, 0.3) is 16.9 Å². The predicted octanol–water partition coefficient (Wildman–Crippen LogP) is 1.66. The van der Waals surface area contributed by atoms with Gasteiger partial charge in [-0.2, -0.15) is 5.10 Å². The lowest BCUT2D eigenvalue weighted by molar-refractivity contribution is 0.0298. The van der Waals surface area contributed by atoms with Crippen LogP contribution in [-0.4, -0.2) is 55.3 Å². The summed E-state index contributed by atoms with van der Waals surface area (Å²) in [5.74, 6) is -0.162. The highest BCUT2D eigenvalue weighted by Gasteiger charge is 2.23. The summed E-state index contributed by atoms with van der Waals surface area (Å²) in [6.45, 7) is 2.06. The number of hydrogen-bond donors (Lipinski definition) is 1. The number of nitrogens with two attached hydrogens (primary N) is 1. The molecule has 1 fully saturated rings. The topological polar surface area (TPSA) is 108 Å². The second-order valence-electron chi connectivity index (χ2n) is 6.64. The maximum Gasteiger partial charge on any atom is 0.274 e. The van der Waals surface area contributed by atoms with Crippen LogP contribution in [0.5, 0.6) is 0 Å². The van der Waals surface area contributed by atoms with Crippen molar-refractivity contribution in [3.63, 3.8) is 0 Å². The summed E-state index contributed by atoms with van der Waals surface area (Å²) in [5, 5.41) is 9.71. The Balaban J connectivity index is 1.77. The van der Waals surface area contributed by atoms with Crippen molar-refractivity contribution < 1.29 is 17.9 Å². The maximum atomic E-state index is 12.9. The number of ether oxygens (including phenoxy) is 1. The number of primary sulfonamides is 1. The Hall–Kier alpha value is -3.01. The number of morpholine rings is 1. The molecule has 0 atom stereocenters. The standard InChI is InChI=1S/C20H20N4O4S/c21-29(26,27)17-8-6-16(7-9-17)24-19(15-4-2-1-3-5-15)14-18(22-24)20(25)23-10-12-28-13-11-23/h1-9,14H,10-13H2,(H2,21,26,27). The molecule has 0 aliphatic carbocycles. The molecule has 1 aliphatic rings. The van der Waals surface area contributed by atoms with E-state index >= 15 is 0 Å². The van der Waals surface area contributed by atoms with Crippen LogP contribution in [0.4, 0.5) is 0 Å². The van der Waals surface area contributed by atoms with Gasteiger partial charge in [-0.1, -0.05) is 30.3 Å². The molecule has 4 rings (SSSR count). The first-order valence-corrected chi connectivity index (χ1v) is 10.6. The van der Waals surface area contributed by atoms with Crippen LogP contribution in [0, 0.1) is 0 Å². The lowest BCUT2D eigenvalue weighted by Crippen LogP contribution is -2.40. The molecule has 8 nitrogen and oxygen atoms in total. The van der Waals surface area contributed by atoms with Crippen LogP contribution in [0.15, 0.2) is 65.6 Å². The van der Waals surface area contributed by atoms with Crippen molar-refractivity contribution in [1.82, 2.24) is 14.7 Å². The summed E-state index contributed by atoms with van der Waals surface area (Å²) in [5.41, 5.74) is 2.56. The highest BCUT2D eigenvalue weighted by atomic mass is 32.2. The zero-order valence-electron chi connectivity index (χ0n) is 15.6. The third-order valence-electron chi connectivity index (χ3n) is 4.71. The van der Waals surface area contributed by atoms with Crippen LogP contribution >= 0.6 is 0 Å². The fourth-order valence-electron chi connectivity index (χ4n) is 3.20. The van der Waals surface area contributed by atoms with Gasteiger partial charge in [0.1, 0.15) is 0 Å². The van der Waals surface area contributed by atoms with Crippen molar-refractivity contribution in [2.24, 2.45) is 5.14 Å². The molecule has 0 unspecified atom stereocenters. The molecule has 150 valence electrons. The van der Waals surface area contributed by atoms with Crippen LogP contribution < -0.4 is 5.14 Å². The Morgan fingerprint density at radius 1 is 1.00 bits per heavy atom. The minimum absolute atomic E-state index is 0.0132. The zero-order valence-corrected chi connectivity index (χ0v) is 16.4. The smallest absolute Gasteiger partial charge is 0.274 e. The highest BCUT2D eigenvalue weighted by molar-refractivity contribution is 7.89. The van der Waals surface area contributed by atoms with E-state index in [0.717, 1.165) is 11.3 Å². The molecule has 3 aromatic rings. The summed E-state index contributed by atoms with van der Waals surface area (Å²) in [6.07, 6.45) is 0. The molecule has 1 amide bonds. The first-order chi connectivity index (χ1) is 13.9. The molecular weight excluding hydrogens is 392 g/mol. The average molecular weight is 412 g/mol. The van der Waals surface area contributed by atoms with Gasteiger partial charge in [0.25, 0.3) is 5.91 Å². The van der Waals surface area contributed by atoms with E-state index in [0.29, 0.717) is 37.7 Å². The van der Waals surface area contributed by atoms with E-state index < -0.39 is 10.0 Å². The summed E-state index contributed by atoms with van der Waals surface area (Å²) < 4.78 is 30.0. The first kappa shape index (κ1) is 19.3. The Morgan fingerprint density at radius 3 is 2.28 bits per heavy atom. The monoisotopic (exact) mass is 412 g/mol. The summed E-state index contributed by atoms with van der Waals surface area (Å²) in [4.78, 5) is 14.6. The van der Waals surface area contributed by atoms with Crippen LogP contribution in [-0.2, 0) is 14.8 Å². The molecule has 0 bridgehead atoms. The van der Waals surface area contributed by atoms with Gasteiger partial charge in [0.15, 0.2) is 5.69 Å². The van der Waals surface area contributed by atoms with Gasteiger partial charge >= 0.3 is 0 Å². The minimum atomic E-state index is -3.79. The van der Waals surface area contributed by atoms with Gasteiger partial charge in [-0.15, -0.1) is 0 Å². The molecular formula is C20H20N4O4S. The largest absolute Gasteiger partial charge is 0.378 e. The van der Waals surface area contributed by atoms with E-state index in [2.05, 4.69) is 5.10 Å². The number of nitrogens with zero attached hydrogens (tertiary/aromatic N) is 3. The molecule has 2 N–H and O–H groups in total. The fourth-order valence-corrected chi connectivity index (χ4v) is 3.72. The minimum Gasteiger partial charge on any atom is -0.378 e. The van der Waals surface area contributed by atoms with Gasteiger partial charge in [-0.05, 0) is 30.3 Å². The fraction of sp³-hybridized carbons (Fsp3) is 0.200. The maximum absolute atomic E-state index is 12.9. The predicted molar refractivity (Wildman–Crippen MR) is 107 cm³/mol. The van der Waals surface area contributed by atoms with Gasteiger partial charge in [-0.3, -0.25) is 4.79 Å². The SMILES string of the molecule is NS(=O)(=O)c1ccc(-n2nc(C(=O)N3CCOCC3)cc2-c2ccccc2)cc1. The second-order valence-corrected chi connectivity index (χ2v) is 8.20. The molecule has 2 heterocycles. The van der Waals surface area contributed by atoms with Crippen molar-refractivity contribution in [3.05, 3.63) is 66.4 Å². The van der Waals surface area contributed by atoms with Crippen LogP contribution in [0.2, 0.25) is 0 Å². The van der Waals surface area contributed by atoms with Gasteiger partial charge in [0.2, 0.25) is 10.0 Å². The molecule has 2 aromatic carbocycles. The third-order valence-corrected chi connectivity index (χ3v) is 5.64. The summed E-state index contributed by atoms with van der Waals surface area (Å²) in [6, 6.07) is 17.4. The van der Waals surface area contributed by atoms with Crippen LogP contribution in [0.1, 0.15) is 10.5 Å². The number of aromatic nitrogens is 2. The van der Waals surface area contributed by atoms with E-state index in [-0.39, 0.29) is 10.8 Å². The van der Waals surface area contributed by atoms with E-state index in [4.69, 9.17) is 9.88 Å². The molecule has 9 heteroatoms. The Kier molecular flexibility index (Phi) is 5.18. The van der Waals surface area contributed by atoms with Crippen LogP contribution in [0.3, 0.4) is 0 Å². The van der Waals surface area contributed by atoms with Crippen molar-refractivity contribution in [2.75, 3.05) is 26.3 Å². The normalized spacial score (nSPS) is 14.7. The van der Waals surface area contributed by atoms with E-state index in [9.17, 15) is 13.2 Å². The highest BCUT2D eigenvalue weighted by Crippen LogP contribution is 2.25. The Labute approximate surface area is 168 Å². The quantitative estimate of drug-likeness (QED) is 0.701. The van der Waals surface area contributed by atoms with Crippen molar-refractivity contribution in [2.45, 2.75) is 4.90 Å². The number of carbonyl (C=O) groups excluding carboxylic acids is 1. The number of benzene rings is 2. The van der Waals surface area contributed by atoms with E-state index in [1.807, 2.05) is 30.3 Å². The van der Waals surface area contributed by atoms with E-state index in [1.165, 1.54) is 12.1 Å². The Morgan fingerprint density at radius 2 is 1.66 bits per heavy atom. The zero-order chi connectivity index (χ0) is 20.4. The van der Waals surface area contributed by atoms with Crippen molar-refractivity contribution in [1.29, 1.82) is 0 Å². The number of hydrogen-bond acceptors (Lipinski definition) is 5. The first-order valence-electron chi connectivity index (χ1n) is 9.09. The number of sulfonamides is 1. The average Bonchev–Trinajstić information content (AvgIpc) is 3.19. The lowest BCUT2D eigenvalue weighted by Gasteiger charge is -2.25. The second kappa shape index (κ2) is 7.78. The van der Waals surface area contributed by atoms with Gasteiger partial charge in [0, 0.05) is 18.7 Å². The van der Waals surface area contributed by atoms with E-state index in [1.54, 1.807) is 27.8 Å². The summed E-state index contributed by atoms with van der Waals surface area (Å²) >= 11 is 0. The van der Waals surface area contributed by atoms with Crippen molar-refractivity contribution in [3.8, 4) is 16.9 Å².